The van der Waals surface area contributed by atoms with Crippen molar-refractivity contribution >= 4 is 17.5 Å². The Kier molecular flexibility index (Phi) is 8.01. The summed E-state index contributed by atoms with van der Waals surface area (Å²) < 4.78 is 63.4. The van der Waals surface area contributed by atoms with E-state index in [0.717, 1.165) is 12.8 Å². The van der Waals surface area contributed by atoms with Crippen LogP contribution in [0.5, 0.6) is 0 Å². The maximum Gasteiger partial charge on any atom is 0.276 e. The van der Waals surface area contributed by atoms with Gasteiger partial charge in [-0.05, 0) is 61.2 Å². The normalized spacial score (nSPS) is 19.1. The Morgan fingerprint density at radius 2 is 1.85 bits per heavy atom. The van der Waals surface area contributed by atoms with E-state index in [1.54, 1.807) is 25.4 Å². The summed E-state index contributed by atoms with van der Waals surface area (Å²) in [7, 11) is 0. The van der Waals surface area contributed by atoms with E-state index in [1.807, 2.05) is 0 Å². The van der Waals surface area contributed by atoms with Gasteiger partial charge in [0, 0.05) is 12.8 Å². The Labute approximate surface area is 226 Å². The number of fused-ring (bicyclic) bond motifs is 1. The zero-order valence-electron chi connectivity index (χ0n) is 21.7. The van der Waals surface area contributed by atoms with Gasteiger partial charge in [0.1, 0.15) is 18.9 Å². The lowest BCUT2D eigenvalue weighted by Crippen LogP contribution is -2.37. The average Bonchev–Trinajstić information content (AvgIpc) is 3.51. The molecule has 0 aliphatic heterocycles. The average molecular weight is 568 g/mol. The fraction of sp³-hybridized carbons (Fsp3) is 0.600. The smallest absolute Gasteiger partial charge is 0.276 e. The molecular weight excluding hydrogens is 538 g/mol. The summed E-state index contributed by atoms with van der Waals surface area (Å²) in [5.41, 5.74) is 1.84. The molecule has 15 heteroatoms. The number of nitrogens with one attached hydrogen (secondary N) is 2. The molecule has 0 aromatic carbocycles. The molecule has 2 atom stereocenters. The molecule has 0 spiro atoms. The van der Waals surface area contributed by atoms with Crippen molar-refractivity contribution < 1.29 is 36.5 Å². The monoisotopic (exact) mass is 567 g/mol. The maximum absolute atomic E-state index is 13.9. The number of nitrogens with zero attached hydrogens (tertiary/aromatic N) is 5. The number of rotatable bonds is 11. The van der Waals surface area contributed by atoms with Crippen LogP contribution < -0.4 is 10.6 Å². The lowest BCUT2D eigenvalue weighted by molar-refractivity contribution is -0.128. The standard InChI is InChI=1S/C25H29F4N7O4/c1-13-21(35-40-34-13)24(38)33-23(15-4-6-25(28,29)7-5-15)17-10-36-19(31-17)8-16(9-30-36)22(14-2-3-14)32-20(37)12-39-11-18(26)27/h8-10,14-15,18,22-23H,2-7,11-12H2,1H3,(H,32,37)(H,33,38)/t22?,23-/m0/s1. The number of hydrogen-bond donors (Lipinski definition) is 2. The predicted molar refractivity (Wildman–Crippen MR) is 130 cm³/mol. The highest BCUT2D eigenvalue weighted by atomic mass is 19.3. The zero-order valence-corrected chi connectivity index (χ0v) is 21.7. The second kappa shape index (κ2) is 11.5. The van der Waals surface area contributed by atoms with Crippen LogP contribution in [-0.4, -0.2) is 62.3 Å². The molecule has 2 aliphatic rings. The van der Waals surface area contributed by atoms with Crippen molar-refractivity contribution in [1.82, 2.24) is 35.5 Å². The summed E-state index contributed by atoms with van der Waals surface area (Å²) in [4.78, 5) is 30.0. The van der Waals surface area contributed by atoms with Crippen LogP contribution in [0, 0.1) is 18.8 Å². The molecular formula is C25H29F4N7O4. The molecule has 0 bridgehead atoms. The molecule has 40 heavy (non-hydrogen) atoms. The van der Waals surface area contributed by atoms with E-state index in [-0.39, 0.29) is 43.2 Å². The fourth-order valence-corrected chi connectivity index (χ4v) is 5.06. The van der Waals surface area contributed by atoms with Crippen molar-refractivity contribution in [1.29, 1.82) is 0 Å². The number of ether oxygens (including phenoxy) is 1. The molecule has 0 radical (unpaired) electrons. The predicted octanol–water partition coefficient (Wildman–Crippen LogP) is 3.57. The number of amides is 2. The largest absolute Gasteiger partial charge is 0.366 e. The van der Waals surface area contributed by atoms with Gasteiger partial charge in [0.2, 0.25) is 11.8 Å². The Balaban J connectivity index is 1.38. The quantitative estimate of drug-likeness (QED) is 0.336. The van der Waals surface area contributed by atoms with E-state index >= 15 is 0 Å². The van der Waals surface area contributed by atoms with Gasteiger partial charge in [-0.1, -0.05) is 5.16 Å². The van der Waals surface area contributed by atoms with Crippen molar-refractivity contribution in [2.75, 3.05) is 13.2 Å². The fourth-order valence-electron chi connectivity index (χ4n) is 5.06. The number of alkyl halides is 4. The van der Waals surface area contributed by atoms with Crippen LogP contribution >= 0.6 is 0 Å². The summed E-state index contributed by atoms with van der Waals surface area (Å²) in [5.74, 6) is -3.97. The first-order chi connectivity index (χ1) is 19.1. The Hall–Kier alpha value is -3.62. The van der Waals surface area contributed by atoms with E-state index in [0.29, 0.717) is 22.6 Å². The van der Waals surface area contributed by atoms with Crippen molar-refractivity contribution in [3.05, 3.63) is 41.1 Å². The van der Waals surface area contributed by atoms with Gasteiger partial charge in [0.05, 0.1) is 30.2 Å². The van der Waals surface area contributed by atoms with Crippen LogP contribution in [-0.2, 0) is 9.53 Å². The van der Waals surface area contributed by atoms with Crippen LogP contribution in [0.1, 0.15) is 78.0 Å². The third-order valence-electron chi connectivity index (χ3n) is 7.31. The Morgan fingerprint density at radius 3 is 2.50 bits per heavy atom. The lowest BCUT2D eigenvalue weighted by atomic mass is 9.81. The molecule has 1 unspecified atom stereocenters. The van der Waals surface area contributed by atoms with Crippen LogP contribution in [0.2, 0.25) is 0 Å². The molecule has 2 fully saturated rings. The van der Waals surface area contributed by atoms with Crippen molar-refractivity contribution in [3.8, 4) is 0 Å². The molecule has 3 heterocycles. The second-order valence-corrected chi connectivity index (χ2v) is 10.4. The van der Waals surface area contributed by atoms with Crippen LogP contribution in [0.3, 0.4) is 0 Å². The number of aryl methyl sites for hydroxylation is 1. The number of halogens is 4. The van der Waals surface area contributed by atoms with Gasteiger partial charge in [-0.2, -0.15) is 5.10 Å². The third-order valence-corrected chi connectivity index (χ3v) is 7.31. The van der Waals surface area contributed by atoms with E-state index in [1.165, 1.54) is 4.52 Å². The summed E-state index contributed by atoms with van der Waals surface area (Å²) in [6, 6.07) is 0.647. The molecule has 216 valence electrons. The zero-order chi connectivity index (χ0) is 28.4. The summed E-state index contributed by atoms with van der Waals surface area (Å²) in [6.07, 6.45) is 2.09. The van der Waals surface area contributed by atoms with Gasteiger partial charge in [0.15, 0.2) is 11.3 Å². The highest BCUT2D eigenvalue weighted by Crippen LogP contribution is 2.42. The summed E-state index contributed by atoms with van der Waals surface area (Å²) >= 11 is 0. The van der Waals surface area contributed by atoms with Crippen molar-refractivity contribution in [2.24, 2.45) is 11.8 Å². The number of hydrogen-bond acceptors (Lipinski definition) is 8. The minimum absolute atomic E-state index is 0.00383. The highest BCUT2D eigenvalue weighted by molar-refractivity contribution is 5.93. The molecule has 2 amide bonds. The van der Waals surface area contributed by atoms with Gasteiger partial charge in [-0.15, -0.1) is 0 Å². The molecule has 0 saturated heterocycles. The summed E-state index contributed by atoms with van der Waals surface area (Å²) in [6.45, 7) is 0.256. The third kappa shape index (κ3) is 6.57. The van der Waals surface area contributed by atoms with Crippen LogP contribution in [0.15, 0.2) is 23.1 Å². The van der Waals surface area contributed by atoms with Gasteiger partial charge >= 0.3 is 0 Å². The van der Waals surface area contributed by atoms with Gasteiger partial charge in [0.25, 0.3) is 12.3 Å². The summed E-state index contributed by atoms with van der Waals surface area (Å²) in [5, 5.41) is 17.4. The van der Waals surface area contributed by atoms with E-state index in [2.05, 4.69) is 35.7 Å². The van der Waals surface area contributed by atoms with Gasteiger partial charge in [-0.3, -0.25) is 9.59 Å². The van der Waals surface area contributed by atoms with Crippen LogP contribution in [0.25, 0.3) is 5.65 Å². The molecule has 2 saturated carbocycles. The molecule has 3 aromatic heterocycles. The maximum atomic E-state index is 13.9. The minimum atomic E-state index is -2.75. The number of carbonyl (C=O) groups excluding carboxylic acids is 2. The van der Waals surface area contributed by atoms with Crippen molar-refractivity contribution in [2.45, 2.75) is 69.9 Å². The molecule has 5 rings (SSSR count). The first-order valence-electron chi connectivity index (χ1n) is 13.1. The first-order valence-corrected chi connectivity index (χ1v) is 13.1. The Morgan fingerprint density at radius 1 is 1.12 bits per heavy atom. The highest BCUT2D eigenvalue weighted by Gasteiger charge is 2.40. The molecule has 3 aromatic rings. The van der Waals surface area contributed by atoms with Gasteiger partial charge < -0.3 is 15.4 Å². The molecule has 2 N–H and O–H groups in total. The number of carbonyl (C=O) groups is 2. The van der Waals surface area contributed by atoms with E-state index < -0.39 is 49.5 Å². The number of aromatic nitrogens is 5. The Bertz CT molecular complexity index is 1350. The minimum Gasteiger partial charge on any atom is -0.366 e. The second-order valence-electron chi connectivity index (χ2n) is 10.4. The first kappa shape index (κ1) is 27.9. The van der Waals surface area contributed by atoms with E-state index in [4.69, 9.17) is 4.74 Å². The topological polar surface area (TPSA) is 137 Å². The molecule has 2 aliphatic carbocycles. The number of imidazole rings is 1. The van der Waals surface area contributed by atoms with Crippen LogP contribution in [0.4, 0.5) is 17.6 Å². The van der Waals surface area contributed by atoms with Crippen molar-refractivity contribution in [3.63, 3.8) is 0 Å². The lowest BCUT2D eigenvalue weighted by Gasteiger charge is -2.33. The van der Waals surface area contributed by atoms with E-state index in [9.17, 15) is 27.2 Å². The molecule has 11 nitrogen and oxygen atoms in total. The SMILES string of the molecule is Cc1nonc1C(=O)N[C@H](c1cn2ncc(C(NC(=O)COCC(F)F)C3CC3)cc2n1)C1CCC(F)(F)CC1. The van der Waals surface area contributed by atoms with Gasteiger partial charge in [-0.25, -0.2) is 31.7 Å².